The molecule has 1 aromatic heterocycles. The average Bonchev–Trinajstić information content (AvgIpc) is 2.41. The lowest BCUT2D eigenvalue weighted by atomic mass is 10.2. The van der Waals surface area contributed by atoms with Crippen LogP contribution in [0.5, 0.6) is 0 Å². The van der Waals surface area contributed by atoms with Crippen LogP contribution in [0.2, 0.25) is 0 Å². The second kappa shape index (κ2) is 9.67. The van der Waals surface area contributed by atoms with Gasteiger partial charge in [0.15, 0.2) is 0 Å². The molecular formula is C13H18N2O2S. The van der Waals surface area contributed by atoms with Crippen molar-refractivity contribution in [1.29, 1.82) is 0 Å². The Morgan fingerprint density at radius 2 is 2.39 bits per heavy atom. The van der Waals surface area contributed by atoms with E-state index in [2.05, 4.69) is 10.3 Å². The summed E-state index contributed by atoms with van der Waals surface area (Å²) in [5, 5.41) is 11.4. The molecule has 1 rings (SSSR count). The number of hydrogen-bond acceptors (Lipinski definition) is 4. The van der Waals surface area contributed by atoms with Gasteiger partial charge in [-0.15, -0.1) is 0 Å². The standard InChI is InChI=1S/C13H18N2O2S/c16-8-2-9-18-10-7-15-13(17)5-4-12-3-1-6-14-11-12/h1,3-6,11,16H,2,7-10H2,(H,15,17)/b5-4+. The lowest BCUT2D eigenvalue weighted by Gasteiger charge is -2.01. The Hall–Kier alpha value is -1.33. The van der Waals surface area contributed by atoms with E-state index >= 15 is 0 Å². The molecule has 0 radical (unpaired) electrons. The maximum absolute atomic E-state index is 11.4. The zero-order valence-corrected chi connectivity index (χ0v) is 11.0. The minimum Gasteiger partial charge on any atom is -0.396 e. The largest absolute Gasteiger partial charge is 0.396 e. The molecule has 5 heteroatoms. The molecule has 0 fully saturated rings. The van der Waals surface area contributed by atoms with Crippen molar-refractivity contribution in [3.05, 3.63) is 36.2 Å². The smallest absolute Gasteiger partial charge is 0.244 e. The maximum atomic E-state index is 11.4. The summed E-state index contributed by atoms with van der Waals surface area (Å²) in [6, 6.07) is 3.72. The van der Waals surface area contributed by atoms with E-state index < -0.39 is 0 Å². The van der Waals surface area contributed by atoms with Crippen LogP contribution in [-0.2, 0) is 4.79 Å². The van der Waals surface area contributed by atoms with Crippen molar-refractivity contribution < 1.29 is 9.90 Å². The van der Waals surface area contributed by atoms with Crippen LogP contribution >= 0.6 is 11.8 Å². The summed E-state index contributed by atoms with van der Waals surface area (Å²) >= 11 is 1.73. The molecule has 0 atom stereocenters. The molecule has 98 valence electrons. The van der Waals surface area contributed by atoms with Crippen LogP contribution in [0.25, 0.3) is 6.08 Å². The van der Waals surface area contributed by atoms with Gasteiger partial charge < -0.3 is 10.4 Å². The van der Waals surface area contributed by atoms with Gasteiger partial charge in [-0.2, -0.15) is 11.8 Å². The Kier molecular flexibility index (Phi) is 7.92. The van der Waals surface area contributed by atoms with Crippen LogP contribution in [0.1, 0.15) is 12.0 Å². The van der Waals surface area contributed by atoms with Crippen LogP contribution in [0, 0.1) is 0 Å². The molecule has 0 spiro atoms. The predicted octanol–water partition coefficient (Wildman–Crippen LogP) is 1.33. The minimum absolute atomic E-state index is 0.0957. The lowest BCUT2D eigenvalue weighted by molar-refractivity contribution is -0.116. The highest BCUT2D eigenvalue weighted by atomic mass is 32.2. The molecule has 2 N–H and O–H groups in total. The molecule has 4 nitrogen and oxygen atoms in total. The van der Waals surface area contributed by atoms with Crippen molar-refractivity contribution in [3.8, 4) is 0 Å². The maximum Gasteiger partial charge on any atom is 0.244 e. The molecule has 18 heavy (non-hydrogen) atoms. The summed E-state index contributed by atoms with van der Waals surface area (Å²) in [4.78, 5) is 15.4. The van der Waals surface area contributed by atoms with E-state index in [9.17, 15) is 4.79 Å². The van der Waals surface area contributed by atoms with Crippen LogP contribution in [-0.4, -0.2) is 40.7 Å². The van der Waals surface area contributed by atoms with Gasteiger partial charge in [-0.3, -0.25) is 9.78 Å². The topological polar surface area (TPSA) is 62.2 Å². The van der Waals surface area contributed by atoms with E-state index in [4.69, 9.17) is 5.11 Å². The summed E-state index contributed by atoms with van der Waals surface area (Å²) in [5.41, 5.74) is 0.907. The molecule has 0 aliphatic carbocycles. The number of aliphatic hydroxyl groups excluding tert-OH is 1. The third-order valence-electron chi connectivity index (χ3n) is 2.10. The van der Waals surface area contributed by atoms with E-state index in [0.29, 0.717) is 6.54 Å². The lowest BCUT2D eigenvalue weighted by Crippen LogP contribution is -2.23. The predicted molar refractivity (Wildman–Crippen MR) is 75.3 cm³/mol. The summed E-state index contributed by atoms with van der Waals surface area (Å²) in [5.74, 6) is 1.70. The number of hydrogen-bond donors (Lipinski definition) is 2. The second-order valence-electron chi connectivity index (χ2n) is 3.60. The monoisotopic (exact) mass is 266 g/mol. The Bertz CT molecular complexity index is 369. The van der Waals surface area contributed by atoms with Crippen LogP contribution in [0.15, 0.2) is 30.6 Å². The first-order valence-corrected chi connectivity index (χ1v) is 7.03. The van der Waals surface area contributed by atoms with Crippen molar-refractivity contribution >= 4 is 23.7 Å². The van der Waals surface area contributed by atoms with Crippen LogP contribution < -0.4 is 5.32 Å². The summed E-state index contributed by atoms with van der Waals surface area (Å²) < 4.78 is 0. The van der Waals surface area contributed by atoms with Gasteiger partial charge in [-0.05, 0) is 29.9 Å². The first kappa shape index (κ1) is 14.7. The van der Waals surface area contributed by atoms with Gasteiger partial charge >= 0.3 is 0 Å². The number of aromatic nitrogens is 1. The first-order valence-electron chi connectivity index (χ1n) is 5.87. The van der Waals surface area contributed by atoms with E-state index in [1.165, 1.54) is 6.08 Å². The van der Waals surface area contributed by atoms with E-state index in [0.717, 1.165) is 23.5 Å². The van der Waals surface area contributed by atoms with Gasteiger partial charge in [-0.25, -0.2) is 0 Å². The number of amides is 1. The summed E-state index contributed by atoms with van der Waals surface area (Å²) in [7, 11) is 0. The Morgan fingerprint density at radius 1 is 1.50 bits per heavy atom. The Morgan fingerprint density at radius 3 is 3.11 bits per heavy atom. The molecule has 0 saturated heterocycles. The van der Waals surface area contributed by atoms with Crippen molar-refractivity contribution in [1.82, 2.24) is 10.3 Å². The average molecular weight is 266 g/mol. The van der Waals surface area contributed by atoms with Gasteiger partial charge in [0.05, 0.1) is 0 Å². The molecule has 0 saturated carbocycles. The highest BCUT2D eigenvalue weighted by molar-refractivity contribution is 7.99. The normalized spacial score (nSPS) is 10.7. The van der Waals surface area contributed by atoms with Crippen molar-refractivity contribution in [3.63, 3.8) is 0 Å². The van der Waals surface area contributed by atoms with E-state index in [1.807, 2.05) is 12.1 Å². The van der Waals surface area contributed by atoms with Gasteiger partial charge in [-0.1, -0.05) is 6.07 Å². The zero-order valence-electron chi connectivity index (χ0n) is 10.2. The van der Waals surface area contributed by atoms with Crippen molar-refractivity contribution in [2.75, 3.05) is 24.7 Å². The molecule has 1 heterocycles. The fraction of sp³-hybridized carbons (Fsp3) is 0.385. The Labute approximate surface area is 112 Å². The van der Waals surface area contributed by atoms with Crippen LogP contribution in [0.3, 0.4) is 0 Å². The number of rotatable bonds is 8. The Balaban J connectivity index is 2.12. The molecule has 1 aromatic rings. The fourth-order valence-electron chi connectivity index (χ4n) is 1.22. The zero-order chi connectivity index (χ0) is 13.1. The van der Waals surface area contributed by atoms with E-state index in [-0.39, 0.29) is 12.5 Å². The molecule has 1 amide bonds. The highest BCUT2D eigenvalue weighted by Crippen LogP contribution is 2.00. The number of nitrogens with zero attached hydrogens (tertiary/aromatic N) is 1. The quantitative estimate of drug-likeness (QED) is 0.550. The molecule has 0 aliphatic heterocycles. The number of nitrogens with one attached hydrogen (secondary N) is 1. The number of thioether (sulfide) groups is 1. The SMILES string of the molecule is O=C(/C=C/c1cccnc1)NCCSCCCO. The molecule has 0 aliphatic rings. The van der Waals surface area contributed by atoms with E-state index in [1.54, 1.807) is 30.2 Å². The number of pyridine rings is 1. The molecule has 0 aromatic carbocycles. The highest BCUT2D eigenvalue weighted by Gasteiger charge is 1.95. The third-order valence-corrected chi connectivity index (χ3v) is 3.17. The minimum atomic E-state index is -0.0957. The molecular weight excluding hydrogens is 248 g/mol. The third kappa shape index (κ3) is 7.09. The van der Waals surface area contributed by atoms with Crippen molar-refractivity contribution in [2.24, 2.45) is 0 Å². The van der Waals surface area contributed by atoms with Gasteiger partial charge in [0.25, 0.3) is 0 Å². The number of carbonyl (C=O) groups excluding carboxylic acids is 1. The first-order chi connectivity index (χ1) is 8.83. The van der Waals surface area contributed by atoms with Crippen LogP contribution in [0.4, 0.5) is 0 Å². The number of aliphatic hydroxyl groups is 1. The summed E-state index contributed by atoms with van der Waals surface area (Å²) in [6.45, 7) is 0.875. The second-order valence-corrected chi connectivity index (χ2v) is 4.82. The van der Waals surface area contributed by atoms with Gasteiger partial charge in [0.1, 0.15) is 0 Å². The van der Waals surface area contributed by atoms with Gasteiger partial charge in [0, 0.05) is 37.4 Å². The fourth-order valence-corrected chi connectivity index (χ4v) is 2.00. The van der Waals surface area contributed by atoms with Crippen molar-refractivity contribution in [2.45, 2.75) is 6.42 Å². The number of carbonyl (C=O) groups is 1. The molecule has 0 bridgehead atoms. The summed E-state index contributed by atoms with van der Waals surface area (Å²) in [6.07, 6.45) is 7.45. The molecule has 0 unspecified atom stereocenters. The van der Waals surface area contributed by atoms with Gasteiger partial charge in [0.2, 0.25) is 5.91 Å².